The minimum Gasteiger partial charge on any atom is -0.465 e. The van der Waals surface area contributed by atoms with Crippen molar-refractivity contribution in [3.05, 3.63) is 30.1 Å². The summed E-state index contributed by atoms with van der Waals surface area (Å²) in [6, 6.07) is 3.64. The standard InChI is InChI=1S/C9H11BrN2O2/c10-5-8(12-9(13)14)4-7-2-1-3-11-6-7/h1-3,6,8,12H,4-5H2,(H,13,14)/t8-/m1/s1. The zero-order valence-electron chi connectivity index (χ0n) is 7.48. The first-order valence-corrected chi connectivity index (χ1v) is 5.29. The number of carboxylic acid groups (broad SMARTS) is 1. The van der Waals surface area contributed by atoms with E-state index < -0.39 is 6.09 Å². The Morgan fingerprint density at radius 1 is 1.71 bits per heavy atom. The number of hydrogen-bond donors (Lipinski definition) is 2. The first-order chi connectivity index (χ1) is 6.72. The number of pyridine rings is 1. The third kappa shape index (κ3) is 3.74. The Morgan fingerprint density at radius 2 is 2.50 bits per heavy atom. The van der Waals surface area contributed by atoms with Crippen molar-refractivity contribution in [2.24, 2.45) is 0 Å². The van der Waals surface area contributed by atoms with Gasteiger partial charge in [0.05, 0.1) is 0 Å². The Bertz CT molecular complexity index is 292. The Balaban J connectivity index is 2.53. The molecule has 0 fully saturated rings. The van der Waals surface area contributed by atoms with E-state index in [0.717, 1.165) is 5.56 Å². The second-order valence-corrected chi connectivity index (χ2v) is 3.51. The molecule has 1 aromatic rings. The maximum absolute atomic E-state index is 10.4. The highest BCUT2D eigenvalue weighted by atomic mass is 79.9. The van der Waals surface area contributed by atoms with E-state index in [1.54, 1.807) is 12.4 Å². The van der Waals surface area contributed by atoms with Crippen molar-refractivity contribution >= 4 is 22.0 Å². The molecule has 1 aromatic heterocycles. The highest BCUT2D eigenvalue weighted by Crippen LogP contribution is 2.03. The Kier molecular flexibility index (Phi) is 4.39. The lowest BCUT2D eigenvalue weighted by atomic mass is 10.1. The molecule has 1 rings (SSSR count). The predicted molar refractivity (Wildman–Crippen MR) is 56.7 cm³/mol. The van der Waals surface area contributed by atoms with Crippen LogP contribution >= 0.6 is 15.9 Å². The van der Waals surface area contributed by atoms with E-state index in [2.05, 4.69) is 26.2 Å². The van der Waals surface area contributed by atoms with E-state index in [0.29, 0.717) is 11.8 Å². The summed E-state index contributed by atoms with van der Waals surface area (Å²) in [5.41, 5.74) is 1.02. The van der Waals surface area contributed by atoms with Gasteiger partial charge < -0.3 is 10.4 Å². The van der Waals surface area contributed by atoms with Gasteiger partial charge in [0, 0.05) is 23.8 Å². The van der Waals surface area contributed by atoms with E-state index in [1.807, 2.05) is 12.1 Å². The lowest BCUT2D eigenvalue weighted by Crippen LogP contribution is -2.36. The van der Waals surface area contributed by atoms with E-state index >= 15 is 0 Å². The summed E-state index contributed by atoms with van der Waals surface area (Å²) in [5, 5.41) is 11.6. The van der Waals surface area contributed by atoms with E-state index in [1.165, 1.54) is 0 Å². The first-order valence-electron chi connectivity index (χ1n) is 4.16. The second kappa shape index (κ2) is 5.59. The number of halogens is 1. The third-order valence-electron chi connectivity index (χ3n) is 1.72. The normalized spacial score (nSPS) is 12.1. The lowest BCUT2D eigenvalue weighted by molar-refractivity contribution is 0.191. The zero-order chi connectivity index (χ0) is 10.4. The highest BCUT2D eigenvalue weighted by Gasteiger charge is 2.10. The Labute approximate surface area is 90.5 Å². The number of carbonyl (C=O) groups is 1. The van der Waals surface area contributed by atoms with Gasteiger partial charge in [0.2, 0.25) is 0 Å². The van der Waals surface area contributed by atoms with Gasteiger partial charge in [-0.25, -0.2) is 4.79 Å². The molecule has 0 unspecified atom stereocenters. The van der Waals surface area contributed by atoms with Crippen molar-refractivity contribution in [2.75, 3.05) is 5.33 Å². The molecule has 5 heteroatoms. The van der Waals surface area contributed by atoms with Crippen LogP contribution in [0.5, 0.6) is 0 Å². The van der Waals surface area contributed by atoms with E-state index in [-0.39, 0.29) is 6.04 Å². The van der Waals surface area contributed by atoms with Crippen LogP contribution in [0.15, 0.2) is 24.5 Å². The SMILES string of the molecule is O=C(O)N[C@@H](CBr)Cc1cccnc1. The zero-order valence-corrected chi connectivity index (χ0v) is 9.07. The fraction of sp³-hybridized carbons (Fsp3) is 0.333. The van der Waals surface area contributed by atoms with Crippen LogP contribution in [0.1, 0.15) is 5.56 Å². The number of alkyl halides is 1. The molecule has 4 nitrogen and oxygen atoms in total. The van der Waals surface area contributed by atoms with Gasteiger partial charge in [-0.1, -0.05) is 22.0 Å². The number of hydrogen-bond acceptors (Lipinski definition) is 2. The van der Waals surface area contributed by atoms with Gasteiger partial charge in [-0.2, -0.15) is 0 Å². The van der Waals surface area contributed by atoms with E-state index in [4.69, 9.17) is 5.11 Å². The molecule has 0 aliphatic heterocycles. The third-order valence-corrected chi connectivity index (χ3v) is 2.50. The average molecular weight is 259 g/mol. The minimum absolute atomic E-state index is 0.114. The molecule has 2 N–H and O–H groups in total. The van der Waals surface area contributed by atoms with Gasteiger partial charge in [0.15, 0.2) is 0 Å². The maximum Gasteiger partial charge on any atom is 0.404 e. The summed E-state index contributed by atoms with van der Waals surface area (Å²) in [6.07, 6.45) is 3.07. The van der Waals surface area contributed by atoms with Crippen LogP contribution in [0, 0.1) is 0 Å². The summed E-state index contributed by atoms with van der Waals surface area (Å²) < 4.78 is 0. The molecule has 0 aliphatic carbocycles. The molecule has 0 radical (unpaired) electrons. The van der Waals surface area contributed by atoms with Gasteiger partial charge in [-0.15, -0.1) is 0 Å². The van der Waals surface area contributed by atoms with Crippen molar-refractivity contribution in [3.63, 3.8) is 0 Å². The molecule has 0 aromatic carbocycles. The van der Waals surface area contributed by atoms with Crippen molar-refractivity contribution in [1.29, 1.82) is 0 Å². The molecule has 14 heavy (non-hydrogen) atoms. The molecule has 0 bridgehead atoms. The smallest absolute Gasteiger partial charge is 0.404 e. The Hall–Kier alpha value is -1.10. The molecule has 1 heterocycles. The number of aromatic nitrogens is 1. The van der Waals surface area contributed by atoms with Gasteiger partial charge >= 0.3 is 6.09 Å². The Morgan fingerprint density at radius 3 is 3.00 bits per heavy atom. The van der Waals surface area contributed by atoms with E-state index in [9.17, 15) is 4.79 Å². The summed E-state index contributed by atoms with van der Waals surface area (Å²) in [5.74, 6) is 0. The number of rotatable bonds is 4. The van der Waals surface area contributed by atoms with Gasteiger partial charge in [-0.3, -0.25) is 4.98 Å². The molecule has 0 spiro atoms. The second-order valence-electron chi connectivity index (χ2n) is 2.87. The average Bonchev–Trinajstić information content (AvgIpc) is 2.17. The summed E-state index contributed by atoms with van der Waals surface area (Å²) in [7, 11) is 0. The molecule has 76 valence electrons. The largest absolute Gasteiger partial charge is 0.465 e. The predicted octanol–water partition coefficient (Wildman–Crippen LogP) is 1.66. The molecule has 1 amide bonds. The van der Waals surface area contributed by atoms with Crippen LogP contribution in [0.25, 0.3) is 0 Å². The first kappa shape index (κ1) is 11.0. The number of amides is 1. The van der Waals surface area contributed by atoms with Crippen molar-refractivity contribution < 1.29 is 9.90 Å². The topological polar surface area (TPSA) is 62.2 Å². The maximum atomic E-state index is 10.4. The van der Waals surface area contributed by atoms with Gasteiger partial charge in [0.25, 0.3) is 0 Å². The van der Waals surface area contributed by atoms with Gasteiger partial charge in [0.1, 0.15) is 0 Å². The molecule has 1 atom stereocenters. The number of nitrogens with one attached hydrogen (secondary N) is 1. The van der Waals surface area contributed by atoms with Crippen molar-refractivity contribution in [1.82, 2.24) is 10.3 Å². The van der Waals surface area contributed by atoms with Crippen molar-refractivity contribution in [2.45, 2.75) is 12.5 Å². The van der Waals surface area contributed by atoms with Crippen LogP contribution in [0.2, 0.25) is 0 Å². The fourth-order valence-electron chi connectivity index (χ4n) is 1.12. The highest BCUT2D eigenvalue weighted by molar-refractivity contribution is 9.09. The fourth-order valence-corrected chi connectivity index (χ4v) is 1.51. The van der Waals surface area contributed by atoms with Gasteiger partial charge in [-0.05, 0) is 18.1 Å². The molecule has 0 saturated carbocycles. The van der Waals surface area contributed by atoms with Crippen molar-refractivity contribution in [3.8, 4) is 0 Å². The van der Waals surface area contributed by atoms with Crippen LogP contribution in [0.4, 0.5) is 4.79 Å². The number of nitrogens with zero attached hydrogens (tertiary/aromatic N) is 1. The lowest BCUT2D eigenvalue weighted by Gasteiger charge is -2.13. The molecule has 0 aliphatic rings. The van der Waals surface area contributed by atoms with Crippen LogP contribution in [-0.4, -0.2) is 27.6 Å². The molecule has 0 saturated heterocycles. The summed E-state index contributed by atoms with van der Waals surface area (Å²) >= 11 is 3.26. The quantitative estimate of drug-likeness (QED) is 0.808. The van der Waals surface area contributed by atoms with Crippen LogP contribution in [-0.2, 0) is 6.42 Å². The van der Waals surface area contributed by atoms with Crippen LogP contribution < -0.4 is 5.32 Å². The van der Waals surface area contributed by atoms with Crippen LogP contribution in [0.3, 0.4) is 0 Å². The summed E-state index contributed by atoms with van der Waals surface area (Å²) in [4.78, 5) is 14.4. The minimum atomic E-state index is -1.00. The summed E-state index contributed by atoms with van der Waals surface area (Å²) in [6.45, 7) is 0. The molecular weight excluding hydrogens is 248 g/mol. The monoisotopic (exact) mass is 258 g/mol. The molecular formula is C9H11BrN2O2.